The Labute approximate surface area is 133 Å². The molecule has 2 rings (SSSR count). The summed E-state index contributed by atoms with van der Waals surface area (Å²) in [6, 6.07) is 8.02. The molecule has 0 saturated heterocycles. The van der Waals surface area contributed by atoms with Crippen molar-refractivity contribution in [3.8, 4) is 0 Å². The molecule has 2 aromatic rings. The maximum absolute atomic E-state index is 13.4. The zero-order valence-electron chi connectivity index (χ0n) is 9.48. The minimum atomic E-state index is -0.312. The maximum Gasteiger partial charge on any atom is 0.137 e. The van der Waals surface area contributed by atoms with Gasteiger partial charge in [-0.3, -0.25) is 0 Å². The third-order valence-corrected chi connectivity index (χ3v) is 4.20. The van der Waals surface area contributed by atoms with E-state index in [9.17, 15) is 4.39 Å². The molecule has 0 aromatic heterocycles. The normalized spacial score (nSPS) is 10.6. The molecule has 0 amide bonds. The van der Waals surface area contributed by atoms with Gasteiger partial charge in [0, 0.05) is 11.6 Å². The molecular formula is C13H8BrCl3FN. The Morgan fingerprint density at radius 2 is 1.74 bits per heavy atom. The molecule has 0 fully saturated rings. The van der Waals surface area contributed by atoms with Crippen molar-refractivity contribution in [3.63, 3.8) is 0 Å². The van der Waals surface area contributed by atoms with E-state index in [2.05, 4.69) is 21.2 Å². The van der Waals surface area contributed by atoms with E-state index in [1.807, 2.05) is 0 Å². The highest BCUT2D eigenvalue weighted by molar-refractivity contribution is 9.10. The van der Waals surface area contributed by atoms with E-state index in [0.717, 1.165) is 5.56 Å². The third-order valence-electron chi connectivity index (χ3n) is 2.49. The van der Waals surface area contributed by atoms with Gasteiger partial charge >= 0.3 is 0 Å². The summed E-state index contributed by atoms with van der Waals surface area (Å²) < 4.78 is 13.8. The summed E-state index contributed by atoms with van der Waals surface area (Å²) in [6.07, 6.45) is 0. The molecule has 0 aliphatic rings. The van der Waals surface area contributed by atoms with E-state index in [1.165, 1.54) is 6.07 Å². The fraction of sp³-hybridized carbons (Fsp3) is 0.0769. The first-order valence-corrected chi connectivity index (χ1v) is 7.23. The van der Waals surface area contributed by atoms with E-state index in [1.54, 1.807) is 24.3 Å². The Morgan fingerprint density at radius 1 is 1.11 bits per heavy atom. The number of anilines is 1. The highest BCUT2D eigenvalue weighted by Gasteiger charge is 2.09. The second-order valence-corrected chi connectivity index (χ2v) is 5.85. The highest BCUT2D eigenvalue weighted by Crippen LogP contribution is 2.34. The molecule has 0 aliphatic heterocycles. The van der Waals surface area contributed by atoms with E-state index < -0.39 is 0 Å². The minimum absolute atomic E-state index is 0.312. The fourth-order valence-corrected chi connectivity index (χ4v) is 2.93. The van der Waals surface area contributed by atoms with Crippen LogP contribution >= 0.6 is 50.7 Å². The Hall–Kier alpha value is -0.480. The van der Waals surface area contributed by atoms with Crippen LogP contribution in [-0.4, -0.2) is 0 Å². The van der Waals surface area contributed by atoms with Gasteiger partial charge in [-0.25, -0.2) is 4.39 Å². The quantitative estimate of drug-likeness (QED) is 0.669. The van der Waals surface area contributed by atoms with Crippen LogP contribution in [0, 0.1) is 5.82 Å². The summed E-state index contributed by atoms with van der Waals surface area (Å²) in [5.41, 5.74) is 1.34. The summed E-state index contributed by atoms with van der Waals surface area (Å²) in [7, 11) is 0. The van der Waals surface area contributed by atoms with Crippen LogP contribution in [0.5, 0.6) is 0 Å². The summed E-state index contributed by atoms with van der Waals surface area (Å²) in [5.74, 6) is -0.312. The average Bonchev–Trinajstić information content (AvgIpc) is 2.33. The first-order valence-electron chi connectivity index (χ1n) is 5.30. The lowest BCUT2D eigenvalue weighted by molar-refractivity contribution is 0.618. The molecule has 0 atom stereocenters. The summed E-state index contributed by atoms with van der Waals surface area (Å²) in [4.78, 5) is 0. The lowest BCUT2D eigenvalue weighted by atomic mass is 10.2. The van der Waals surface area contributed by atoms with Crippen molar-refractivity contribution in [2.45, 2.75) is 6.54 Å². The van der Waals surface area contributed by atoms with Crippen molar-refractivity contribution in [1.82, 2.24) is 0 Å². The van der Waals surface area contributed by atoms with E-state index >= 15 is 0 Å². The predicted octanol–water partition coefficient (Wildman–Crippen LogP) is 6.16. The Morgan fingerprint density at radius 3 is 2.37 bits per heavy atom. The molecule has 0 spiro atoms. The summed E-state index contributed by atoms with van der Waals surface area (Å²) in [5, 5.41) is 4.38. The third kappa shape index (κ3) is 3.54. The van der Waals surface area contributed by atoms with Crippen molar-refractivity contribution < 1.29 is 4.39 Å². The second kappa shape index (κ2) is 6.31. The number of halogens is 5. The molecule has 100 valence electrons. The zero-order chi connectivity index (χ0) is 14.0. The van der Waals surface area contributed by atoms with Gasteiger partial charge < -0.3 is 5.32 Å². The number of benzene rings is 2. The zero-order valence-corrected chi connectivity index (χ0v) is 13.3. The van der Waals surface area contributed by atoms with E-state index in [-0.39, 0.29) is 5.82 Å². The van der Waals surface area contributed by atoms with Gasteiger partial charge in [0.2, 0.25) is 0 Å². The van der Waals surface area contributed by atoms with Crippen LogP contribution in [-0.2, 0) is 6.54 Å². The monoisotopic (exact) mass is 381 g/mol. The molecule has 0 aliphatic carbocycles. The van der Waals surface area contributed by atoms with Gasteiger partial charge in [0.25, 0.3) is 0 Å². The van der Waals surface area contributed by atoms with Crippen LogP contribution in [0.2, 0.25) is 15.1 Å². The SMILES string of the molecule is Fc1cccc(CNc2c(Cl)cc(Cl)cc2Cl)c1Br. The summed E-state index contributed by atoms with van der Waals surface area (Å²) >= 11 is 21.1. The molecule has 0 unspecified atom stereocenters. The number of nitrogens with one attached hydrogen (secondary N) is 1. The molecule has 0 heterocycles. The molecule has 1 nitrogen and oxygen atoms in total. The fourth-order valence-electron chi connectivity index (χ4n) is 1.58. The smallest absolute Gasteiger partial charge is 0.137 e. The van der Waals surface area contributed by atoms with Crippen LogP contribution in [0.3, 0.4) is 0 Å². The van der Waals surface area contributed by atoms with Crippen molar-refractivity contribution in [2.24, 2.45) is 0 Å². The lowest BCUT2D eigenvalue weighted by Crippen LogP contribution is -2.02. The molecular weight excluding hydrogens is 375 g/mol. The largest absolute Gasteiger partial charge is 0.379 e. The molecule has 2 aromatic carbocycles. The number of hydrogen-bond acceptors (Lipinski definition) is 1. The van der Waals surface area contributed by atoms with Crippen LogP contribution in [0.4, 0.5) is 10.1 Å². The van der Waals surface area contributed by atoms with E-state index in [4.69, 9.17) is 34.8 Å². The van der Waals surface area contributed by atoms with Crippen LogP contribution in [0.15, 0.2) is 34.8 Å². The molecule has 0 radical (unpaired) electrons. The van der Waals surface area contributed by atoms with Crippen molar-refractivity contribution in [2.75, 3.05) is 5.32 Å². The Bertz CT molecular complexity index is 596. The predicted molar refractivity (Wildman–Crippen MR) is 82.9 cm³/mol. The van der Waals surface area contributed by atoms with Crippen LogP contribution in [0.25, 0.3) is 0 Å². The van der Waals surface area contributed by atoms with Crippen molar-refractivity contribution in [1.29, 1.82) is 0 Å². The first-order chi connectivity index (χ1) is 8.99. The van der Waals surface area contributed by atoms with E-state index in [0.29, 0.717) is 31.8 Å². The van der Waals surface area contributed by atoms with Gasteiger partial charge in [-0.15, -0.1) is 0 Å². The molecule has 0 bridgehead atoms. The Balaban J connectivity index is 2.22. The van der Waals surface area contributed by atoms with Gasteiger partial charge in [-0.05, 0) is 39.7 Å². The average molecular weight is 383 g/mol. The maximum atomic E-state index is 13.4. The van der Waals surface area contributed by atoms with Crippen molar-refractivity contribution >= 4 is 56.4 Å². The van der Waals surface area contributed by atoms with Gasteiger partial charge in [0.1, 0.15) is 5.82 Å². The van der Waals surface area contributed by atoms with Gasteiger partial charge in [-0.1, -0.05) is 46.9 Å². The minimum Gasteiger partial charge on any atom is -0.379 e. The molecule has 6 heteroatoms. The summed E-state index contributed by atoms with van der Waals surface area (Å²) in [6.45, 7) is 0.388. The van der Waals surface area contributed by atoms with Crippen LogP contribution < -0.4 is 5.32 Å². The standard InChI is InChI=1S/C13H8BrCl3FN/c14-12-7(2-1-3-11(12)18)6-19-13-9(16)4-8(15)5-10(13)17/h1-5,19H,6H2. The van der Waals surface area contributed by atoms with Gasteiger partial charge in [0.15, 0.2) is 0 Å². The van der Waals surface area contributed by atoms with Crippen LogP contribution in [0.1, 0.15) is 5.56 Å². The molecule has 19 heavy (non-hydrogen) atoms. The lowest BCUT2D eigenvalue weighted by Gasteiger charge is -2.12. The highest BCUT2D eigenvalue weighted by atomic mass is 79.9. The first kappa shape index (κ1) is 14.9. The molecule has 1 N–H and O–H groups in total. The number of hydrogen-bond donors (Lipinski definition) is 1. The second-order valence-electron chi connectivity index (χ2n) is 3.81. The van der Waals surface area contributed by atoms with Gasteiger partial charge in [0.05, 0.1) is 20.2 Å². The topological polar surface area (TPSA) is 12.0 Å². The van der Waals surface area contributed by atoms with Crippen molar-refractivity contribution in [3.05, 3.63) is 61.3 Å². The number of rotatable bonds is 3. The van der Waals surface area contributed by atoms with Gasteiger partial charge in [-0.2, -0.15) is 0 Å². The molecule has 0 saturated carbocycles. The Kier molecular flexibility index (Phi) is 4.96.